The van der Waals surface area contributed by atoms with Gasteiger partial charge in [-0.1, -0.05) is 26.0 Å². The lowest BCUT2D eigenvalue weighted by Gasteiger charge is -2.17. The summed E-state index contributed by atoms with van der Waals surface area (Å²) in [7, 11) is -3.54. The molecule has 0 spiro atoms. The quantitative estimate of drug-likeness (QED) is 0.117. The van der Waals surface area contributed by atoms with Crippen LogP contribution in [-0.4, -0.2) is 45.0 Å². The first-order valence-electron chi connectivity index (χ1n) is 10.1. The Bertz CT molecular complexity index is 481. The SMILES string of the molecule is C=CC(=O)OCCCCCCOP(=O)(OCC)OCCCCCCOC(=O)C=C. The second-order valence-electron chi connectivity index (χ2n) is 6.10. The second-order valence-corrected chi connectivity index (χ2v) is 7.77. The van der Waals surface area contributed by atoms with Gasteiger partial charge in [0.25, 0.3) is 0 Å². The number of rotatable bonds is 20. The molecule has 0 bridgehead atoms. The maximum atomic E-state index is 12.5. The summed E-state index contributed by atoms with van der Waals surface area (Å²) in [5.74, 6) is -0.835. The number of ether oxygens (including phenoxy) is 2. The molecular weight excluding hydrogens is 399 g/mol. The molecule has 0 aliphatic rings. The Hall–Kier alpha value is -1.47. The molecule has 0 rings (SSSR count). The third-order valence-corrected chi connectivity index (χ3v) is 5.26. The van der Waals surface area contributed by atoms with Gasteiger partial charge in [-0.05, 0) is 45.4 Å². The van der Waals surface area contributed by atoms with Crippen molar-refractivity contribution in [3.8, 4) is 0 Å². The van der Waals surface area contributed by atoms with Gasteiger partial charge in [0.2, 0.25) is 0 Å². The minimum Gasteiger partial charge on any atom is -0.463 e. The predicted molar refractivity (Wildman–Crippen MR) is 110 cm³/mol. The van der Waals surface area contributed by atoms with Gasteiger partial charge in [-0.15, -0.1) is 0 Å². The Morgan fingerprint density at radius 1 is 0.690 bits per heavy atom. The topological polar surface area (TPSA) is 97.4 Å². The van der Waals surface area contributed by atoms with Crippen molar-refractivity contribution >= 4 is 19.8 Å². The van der Waals surface area contributed by atoms with Crippen molar-refractivity contribution in [1.29, 1.82) is 0 Å². The molecule has 0 radical (unpaired) electrons. The van der Waals surface area contributed by atoms with Crippen LogP contribution in [0.3, 0.4) is 0 Å². The highest BCUT2D eigenvalue weighted by atomic mass is 31.2. The number of esters is 2. The molecule has 168 valence electrons. The van der Waals surface area contributed by atoms with Gasteiger partial charge < -0.3 is 9.47 Å². The van der Waals surface area contributed by atoms with Gasteiger partial charge >= 0.3 is 19.8 Å². The normalized spacial score (nSPS) is 11.1. The van der Waals surface area contributed by atoms with Crippen molar-refractivity contribution in [3.05, 3.63) is 25.3 Å². The highest BCUT2D eigenvalue weighted by Crippen LogP contribution is 2.49. The summed E-state index contributed by atoms with van der Waals surface area (Å²) in [6.45, 7) is 9.91. The average molecular weight is 434 g/mol. The third kappa shape index (κ3) is 17.1. The Labute approximate surface area is 174 Å². The lowest BCUT2D eigenvalue weighted by molar-refractivity contribution is -0.138. The van der Waals surface area contributed by atoms with Crippen molar-refractivity contribution < 1.29 is 37.2 Å². The zero-order valence-corrected chi connectivity index (χ0v) is 18.4. The van der Waals surface area contributed by atoms with Crippen LogP contribution in [0, 0.1) is 0 Å². The third-order valence-electron chi connectivity index (χ3n) is 3.69. The molecule has 9 heteroatoms. The number of carbonyl (C=O) groups is 2. The van der Waals surface area contributed by atoms with Crippen molar-refractivity contribution in [2.45, 2.75) is 58.3 Å². The number of phosphoric acid groups is 1. The lowest BCUT2D eigenvalue weighted by Crippen LogP contribution is -2.04. The summed E-state index contributed by atoms with van der Waals surface area (Å²) in [4.78, 5) is 21.8. The molecular formula is C20H35O8P. The van der Waals surface area contributed by atoms with Crippen LogP contribution in [0.1, 0.15) is 58.3 Å². The summed E-state index contributed by atoms with van der Waals surface area (Å²) in [5.41, 5.74) is 0. The van der Waals surface area contributed by atoms with E-state index in [9.17, 15) is 14.2 Å². The van der Waals surface area contributed by atoms with E-state index in [1.807, 2.05) is 0 Å². The molecule has 8 nitrogen and oxygen atoms in total. The predicted octanol–water partition coefficient (Wildman–Crippen LogP) is 4.74. The lowest BCUT2D eigenvalue weighted by atomic mass is 10.2. The molecule has 0 atom stereocenters. The van der Waals surface area contributed by atoms with E-state index in [-0.39, 0.29) is 19.8 Å². The maximum Gasteiger partial charge on any atom is 0.474 e. The van der Waals surface area contributed by atoms with E-state index in [4.69, 9.17) is 23.0 Å². The largest absolute Gasteiger partial charge is 0.474 e. The van der Waals surface area contributed by atoms with Gasteiger partial charge in [-0.3, -0.25) is 13.6 Å². The summed E-state index contributed by atoms with van der Waals surface area (Å²) in [5, 5.41) is 0. The van der Waals surface area contributed by atoms with E-state index >= 15 is 0 Å². The van der Waals surface area contributed by atoms with Crippen LogP contribution in [0.25, 0.3) is 0 Å². The van der Waals surface area contributed by atoms with Gasteiger partial charge in [-0.25, -0.2) is 14.2 Å². The van der Waals surface area contributed by atoms with Crippen LogP contribution in [-0.2, 0) is 37.2 Å². The fraction of sp³-hybridized carbons (Fsp3) is 0.700. The minimum absolute atomic E-state index is 0.237. The van der Waals surface area contributed by atoms with Crippen molar-refractivity contribution in [2.24, 2.45) is 0 Å². The fourth-order valence-electron chi connectivity index (χ4n) is 2.20. The number of unbranched alkanes of at least 4 members (excludes halogenated alkanes) is 6. The van der Waals surface area contributed by atoms with E-state index in [1.165, 1.54) is 0 Å². The molecule has 0 fully saturated rings. The second kappa shape index (κ2) is 18.6. The Morgan fingerprint density at radius 3 is 1.41 bits per heavy atom. The molecule has 0 unspecified atom stereocenters. The van der Waals surface area contributed by atoms with Crippen molar-refractivity contribution in [3.63, 3.8) is 0 Å². The van der Waals surface area contributed by atoms with Crippen LogP contribution < -0.4 is 0 Å². The Morgan fingerprint density at radius 2 is 1.07 bits per heavy atom. The summed E-state index contributed by atoms with van der Waals surface area (Å²) >= 11 is 0. The van der Waals surface area contributed by atoms with E-state index in [2.05, 4.69) is 13.2 Å². The summed E-state index contributed by atoms with van der Waals surface area (Å²) < 4.78 is 38.2. The minimum atomic E-state index is -3.54. The van der Waals surface area contributed by atoms with Gasteiger partial charge in [0.1, 0.15) is 0 Å². The molecule has 0 heterocycles. The zero-order chi connectivity index (χ0) is 21.8. The van der Waals surface area contributed by atoms with Crippen LogP contribution in [0.4, 0.5) is 0 Å². The monoisotopic (exact) mass is 434 g/mol. The van der Waals surface area contributed by atoms with Gasteiger partial charge in [0.15, 0.2) is 0 Å². The number of phosphoric ester groups is 1. The van der Waals surface area contributed by atoms with E-state index < -0.39 is 19.8 Å². The van der Waals surface area contributed by atoms with Crippen molar-refractivity contribution in [1.82, 2.24) is 0 Å². The maximum absolute atomic E-state index is 12.5. The van der Waals surface area contributed by atoms with Crippen LogP contribution in [0.5, 0.6) is 0 Å². The molecule has 0 saturated carbocycles. The number of carbonyl (C=O) groups excluding carboxylic acids is 2. The van der Waals surface area contributed by atoms with Crippen LogP contribution >= 0.6 is 7.82 Å². The zero-order valence-electron chi connectivity index (χ0n) is 17.5. The fourth-order valence-corrected chi connectivity index (χ4v) is 3.45. The standard InChI is InChI=1S/C20H35O8P/c1-4-19(21)24-15-11-7-9-13-17-27-29(23,26-6-3)28-18-14-10-8-12-16-25-20(22)5-2/h4-5H,1-2,6-18H2,3H3. The molecule has 0 aromatic carbocycles. The highest BCUT2D eigenvalue weighted by molar-refractivity contribution is 7.48. The molecule has 0 aromatic heterocycles. The Balaban J connectivity index is 3.76. The Kier molecular flexibility index (Phi) is 17.6. The number of hydrogen-bond donors (Lipinski definition) is 0. The molecule has 0 aliphatic heterocycles. The smallest absolute Gasteiger partial charge is 0.463 e. The van der Waals surface area contributed by atoms with Gasteiger partial charge in [0, 0.05) is 12.2 Å². The van der Waals surface area contributed by atoms with E-state index in [0.29, 0.717) is 26.1 Å². The molecule has 0 aliphatic carbocycles. The summed E-state index contributed by atoms with van der Waals surface area (Å²) in [6, 6.07) is 0. The number of hydrogen-bond acceptors (Lipinski definition) is 8. The molecule has 0 N–H and O–H groups in total. The van der Waals surface area contributed by atoms with Gasteiger partial charge in [-0.2, -0.15) is 0 Å². The van der Waals surface area contributed by atoms with E-state index in [0.717, 1.165) is 50.7 Å². The first kappa shape index (κ1) is 27.5. The van der Waals surface area contributed by atoms with Gasteiger partial charge in [0.05, 0.1) is 33.0 Å². The molecule has 29 heavy (non-hydrogen) atoms. The molecule has 0 amide bonds. The molecule has 0 aromatic rings. The van der Waals surface area contributed by atoms with Crippen LogP contribution in [0.2, 0.25) is 0 Å². The van der Waals surface area contributed by atoms with Crippen LogP contribution in [0.15, 0.2) is 25.3 Å². The van der Waals surface area contributed by atoms with Crippen molar-refractivity contribution in [2.75, 3.05) is 33.0 Å². The first-order valence-corrected chi connectivity index (χ1v) is 11.6. The molecule has 0 saturated heterocycles. The highest BCUT2D eigenvalue weighted by Gasteiger charge is 2.25. The average Bonchev–Trinajstić information content (AvgIpc) is 2.71. The first-order chi connectivity index (χ1) is 14.0. The summed E-state index contributed by atoms with van der Waals surface area (Å²) in [6.07, 6.45) is 8.66. The van der Waals surface area contributed by atoms with E-state index in [1.54, 1.807) is 6.92 Å².